The van der Waals surface area contributed by atoms with Crippen LogP contribution in [0, 0.1) is 5.92 Å². The van der Waals surface area contributed by atoms with Crippen LogP contribution in [0.3, 0.4) is 0 Å². The largest absolute Gasteiger partial charge is 0.465 e. The van der Waals surface area contributed by atoms with Crippen molar-refractivity contribution >= 4 is 29.5 Å². The Morgan fingerprint density at radius 3 is 3.00 bits per heavy atom. The van der Waals surface area contributed by atoms with Gasteiger partial charge in [-0.15, -0.1) is 23.5 Å². The fourth-order valence-electron chi connectivity index (χ4n) is 2.29. The van der Waals surface area contributed by atoms with Crippen molar-refractivity contribution in [2.75, 3.05) is 12.4 Å². The van der Waals surface area contributed by atoms with E-state index in [1.54, 1.807) is 11.8 Å². The molecule has 0 bridgehead atoms. The first-order chi connectivity index (χ1) is 7.31. The molecular formula is C11H18O2S2. The number of thioether (sulfide) groups is 2. The lowest BCUT2D eigenvalue weighted by molar-refractivity contribution is -0.140. The minimum absolute atomic E-state index is 0.0171. The lowest BCUT2D eigenvalue weighted by atomic mass is 9.90. The van der Waals surface area contributed by atoms with Crippen LogP contribution in [-0.2, 0) is 9.53 Å². The van der Waals surface area contributed by atoms with E-state index in [0.29, 0.717) is 6.61 Å². The Labute approximate surface area is 99.9 Å². The van der Waals surface area contributed by atoms with Crippen LogP contribution in [0.4, 0.5) is 0 Å². The summed E-state index contributed by atoms with van der Waals surface area (Å²) in [5.74, 6) is 1.98. The van der Waals surface area contributed by atoms with Crippen molar-refractivity contribution in [2.24, 2.45) is 5.92 Å². The number of hydrogen-bond donors (Lipinski definition) is 0. The van der Waals surface area contributed by atoms with Crippen molar-refractivity contribution in [1.29, 1.82) is 0 Å². The molecule has 0 aromatic rings. The average Bonchev–Trinajstić information content (AvgIpc) is 2.29. The standard InChI is InChI=1S/C11H18O2S2/c1-2-13-10(12)11-14-7-8-5-3-4-6-9(8)15-11/h8-9,11H,2-7H2,1H3/t8-,9+,11-/m1/s1. The van der Waals surface area contributed by atoms with Crippen LogP contribution < -0.4 is 0 Å². The highest BCUT2D eigenvalue weighted by molar-refractivity contribution is 8.18. The number of rotatable bonds is 2. The SMILES string of the molecule is CCOC(=O)[C@@H]1SC[C@H]2CCCC[C@@H]2S1. The Balaban J connectivity index is 1.87. The van der Waals surface area contributed by atoms with E-state index in [-0.39, 0.29) is 10.6 Å². The van der Waals surface area contributed by atoms with Crippen molar-refractivity contribution in [3.63, 3.8) is 0 Å². The first-order valence-electron chi connectivity index (χ1n) is 5.75. The Hall–Kier alpha value is 0.170. The first-order valence-corrected chi connectivity index (χ1v) is 7.74. The summed E-state index contributed by atoms with van der Waals surface area (Å²) in [7, 11) is 0. The maximum absolute atomic E-state index is 11.6. The fraction of sp³-hybridized carbons (Fsp3) is 0.909. The van der Waals surface area contributed by atoms with Gasteiger partial charge in [0, 0.05) is 5.25 Å². The lowest BCUT2D eigenvalue weighted by Crippen LogP contribution is -2.33. The molecule has 4 heteroatoms. The summed E-state index contributed by atoms with van der Waals surface area (Å²) in [6.45, 7) is 2.38. The lowest BCUT2D eigenvalue weighted by Gasteiger charge is -2.37. The third kappa shape index (κ3) is 2.84. The second-order valence-corrected chi connectivity index (χ2v) is 6.92. The van der Waals surface area contributed by atoms with E-state index in [1.807, 2.05) is 18.7 Å². The number of ether oxygens (including phenoxy) is 1. The molecule has 0 aromatic heterocycles. The summed E-state index contributed by atoms with van der Waals surface area (Å²) in [4.78, 5) is 11.6. The average molecular weight is 246 g/mol. The molecule has 3 atom stereocenters. The molecule has 1 saturated carbocycles. The van der Waals surface area contributed by atoms with Gasteiger partial charge in [-0.3, -0.25) is 0 Å². The van der Waals surface area contributed by atoms with Gasteiger partial charge in [0.05, 0.1) is 6.61 Å². The molecule has 0 radical (unpaired) electrons. The van der Waals surface area contributed by atoms with Crippen molar-refractivity contribution in [3.05, 3.63) is 0 Å². The molecular weight excluding hydrogens is 228 g/mol. The van der Waals surface area contributed by atoms with Gasteiger partial charge in [0.25, 0.3) is 0 Å². The number of carbonyl (C=O) groups is 1. The number of esters is 1. The van der Waals surface area contributed by atoms with Crippen LogP contribution in [0.5, 0.6) is 0 Å². The molecule has 1 heterocycles. The molecule has 86 valence electrons. The molecule has 0 amide bonds. The molecule has 0 N–H and O–H groups in total. The highest BCUT2D eigenvalue weighted by atomic mass is 32.2. The predicted molar refractivity (Wildman–Crippen MR) is 66.2 cm³/mol. The highest BCUT2D eigenvalue weighted by Gasteiger charge is 2.36. The zero-order chi connectivity index (χ0) is 10.7. The molecule has 0 aromatic carbocycles. The summed E-state index contributed by atoms with van der Waals surface area (Å²) in [5, 5.41) is 0.717. The molecule has 1 saturated heterocycles. The Kier molecular flexibility index (Phi) is 4.26. The summed E-state index contributed by atoms with van der Waals surface area (Å²) in [6.07, 6.45) is 5.38. The Morgan fingerprint density at radius 2 is 2.20 bits per heavy atom. The maximum Gasteiger partial charge on any atom is 0.329 e. The van der Waals surface area contributed by atoms with Gasteiger partial charge in [-0.2, -0.15) is 0 Å². The molecule has 0 unspecified atom stereocenters. The topological polar surface area (TPSA) is 26.3 Å². The summed E-state index contributed by atoms with van der Waals surface area (Å²) < 4.78 is 5.13. The quantitative estimate of drug-likeness (QED) is 0.700. The van der Waals surface area contributed by atoms with E-state index in [4.69, 9.17) is 4.74 Å². The van der Waals surface area contributed by atoms with Crippen LogP contribution in [0.15, 0.2) is 0 Å². The van der Waals surface area contributed by atoms with Gasteiger partial charge < -0.3 is 4.74 Å². The van der Waals surface area contributed by atoms with Crippen LogP contribution >= 0.6 is 23.5 Å². The normalized spacial score (nSPS) is 35.7. The van der Waals surface area contributed by atoms with Crippen molar-refractivity contribution in [2.45, 2.75) is 42.4 Å². The van der Waals surface area contributed by atoms with Gasteiger partial charge >= 0.3 is 5.97 Å². The van der Waals surface area contributed by atoms with Gasteiger partial charge in [0.1, 0.15) is 4.58 Å². The van der Waals surface area contributed by atoms with Gasteiger partial charge in [0.15, 0.2) is 0 Å². The Bertz CT molecular complexity index is 233. The second-order valence-electron chi connectivity index (χ2n) is 4.14. The molecule has 2 fully saturated rings. The van der Waals surface area contributed by atoms with E-state index in [2.05, 4.69) is 0 Å². The molecule has 2 rings (SSSR count). The van der Waals surface area contributed by atoms with E-state index >= 15 is 0 Å². The smallest absolute Gasteiger partial charge is 0.329 e. The van der Waals surface area contributed by atoms with Crippen molar-refractivity contribution in [1.82, 2.24) is 0 Å². The van der Waals surface area contributed by atoms with Crippen molar-refractivity contribution < 1.29 is 9.53 Å². The second kappa shape index (κ2) is 5.48. The highest BCUT2D eigenvalue weighted by Crippen LogP contribution is 2.45. The van der Waals surface area contributed by atoms with Crippen LogP contribution in [0.2, 0.25) is 0 Å². The third-order valence-corrected chi connectivity index (χ3v) is 6.35. The molecule has 2 nitrogen and oxygen atoms in total. The molecule has 0 spiro atoms. The minimum Gasteiger partial charge on any atom is -0.465 e. The van der Waals surface area contributed by atoms with Gasteiger partial charge in [-0.05, 0) is 31.4 Å². The van der Waals surface area contributed by atoms with Crippen LogP contribution in [-0.4, -0.2) is 28.2 Å². The van der Waals surface area contributed by atoms with E-state index in [9.17, 15) is 4.79 Å². The van der Waals surface area contributed by atoms with Crippen molar-refractivity contribution in [3.8, 4) is 0 Å². The number of fused-ring (bicyclic) bond motifs is 1. The van der Waals surface area contributed by atoms with Gasteiger partial charge in [-0.1, -0.05) is 12.8 Å². The minimum atomic E-state index is -0.0171. The molecule has 2 aliphatic rings. The molecule has 1 aliphatic heterocycles. The van der Waals surface area contributed by atoms with Crippen LogP contribution in [0.1, 0.15) is 32.6 Å². The third-order valence-electron chi connectivity index (χ3n) is 3.08. The zero-order valence-corrected chi connectivity index (χ0v) is 10.7. The van der Waals surface area contributed by atoms with Gasteiger partial charge in [0.2, 0.25) is 0 Å². The fourth-order valence-corrected chi connectivity index (χ4v) is 5.67. The van der Waals surface area contributed by atoms with E-state index < -0.39 is 0 Å². The first kappa shape index (κ1) is 11.6. The van der Waals surface area contributed by atoms with E-state index in [0.717, 1.165) is 16.9 Å². The summed E-state index contributed by atoms with van der Waals surface area (Å²) in [5.41, 5.74) is 0. The Morgan fingerprint density at radius 1 is 1.40 bits per heavy atom. The summed E-state index contributed by atoms with van der Waals surface area (Å²) >= 11 is 3.64. The zero-order valence-electron chi connectivity index (χ0n) is 9.11. The predicted octanol–water partition coefficient (Wildman–Crippen LogP) is 2.91. The van der Waals surface area contributed by atoms with Gasteiger partial charge in [-0.25, -0.2) is 4.79 Å². The molecule has 15 heavy (non-hydrogen) atoms. The van der Waals surface area contributed by atoms with Crippen LogP contribution in [0.25, 0.3) is 0 Å². The summed E-state index contributed by atoms with van der Waals surface area (Å²) in [6, 6.07) is 0. The van der Waals surface area contributed by atoms with E-state index in [1.165, 1.54) is 25.7 Å². The maximum atomic E-state index is 11.6. The monoisotopic (exact) mass is 246 g/mol. The molecule has 1 aliphatic carbocycles. The number of carbonyl (C=O) groups excluding carboxylic acids is 1. The number of hydrogen-bond acceptors (Lipinski definition) is 4.